The molecule has 4 N–H and O–H groups in total. The summed E-state index contributed by atoms with van der Waals surface area (Å²) in [4.78, 5) is 25.3. The lowest BCUT2D eigenvalue weighted by Gasteiger charge is -2.22. The van der Waals surface area contributed by atoms with Gasteiger partial charge in [0.25, 0.3) is 0 Å². The largest absolute Gasteiger partial charge is 0.507 e. The molecule has 0 heterocycles. The van der Waals surface area contributed by atoms with E-state index in [2.05, 4.69) is 0 Å². The fourth-order valence-electron chi connectivity index (χ4n) is 2.68. The number of carbonyl (C=O) groups excluding carboxylic acids is 2. The van der Waals surface area contributed by atoms with Crippen molar-refractivity contribution in [2.45, 2.75) is 6.92 Å². The molecule has 0 saturated carbocycles. The third-order valence-electron chi connectivity index (χ3n) is 4.01. The highest BCUT2D eigenvalue weighted by molar-refractivity contribution is 6.31. The second-order valence-corrected chi connectivity index (χ2v) is 5.86. The maximum absolute atomic E-state index is 12.7. The lowest BCUT2D eigenvalue weighted by Crippen LogP contribution is -2.23. The first-order valence-electron chi connectivity index (χ1n) is 7.53. The molecule has 0 amide bonds. The van der Waals surface area contributed by atoms with Gasteiger partial charge < -0.3 is 20.7 Å². The monoisotopic (exact) mass is 327 g/mol. The van der Waals surface area contributed by atoms with Crippen molar-refractivity contribution < 1.29 is 24.5 Å². The zero-order chi connectivity index (χ0) is 17.4. The minimum absolute atomic E-state index is 0.0146. The Balaban J connectivity index is 2.12. The lowest BCUT2D eigenvalue weighted by molar-refractivity contribution is 0.0976. The van der Waals surface area contributed by atoms with Crippen molar-refractivity contribution >= 4 is 17.3 Å². The number of aliphatic hydroxyl groups excluding tert-OH is 1. The van der Waals surface area contributed by atoms with Gasteiger partial charge >= 0.3 is 0 Å². The second kappa shape index (κ2) is 5.98. The summed E-state index contributed by atoms with van der Waals surface area (Å²) >= 11 is 0. The molecule has 0 aliphatic heterocycles. The lowest BCUT2D eigenvalue weighted by atomic mass is 9.82. The number of ether oxygens (including phenoxy) is 1. The number of ketones is 2. The van der Waals surface area contributed by atoms with Gasteiger partial charge in [-0.25, -0.2) is 0 Å². The van der Waals surface area contributed by atoms with Gasteiger partial charge in [0.1, 0.15) is 11.5 Å². The highest BCUT2D eigenvalue weighted by atomic mass is 16.5. The van der Waals surface area contributed by atoms with E-state index in [1.807, 2.05) is 0 Å². The van der Waals surface area contributed by atoms with E-state index in [0.717, 1.165) is 0 Å². The van der Waals surface area contributed by atoms with Crippen LogP contribution in [0.2, 0.25) is 0 Å². The van der Waals surface area contributed by atoms with Gasteiger partial charge in [-0.05, 0) is 0 Å². The quantitative estimate of drug-likeness (QED) is 0.497. The Morgan fingerprint density at radius 1 is 1.12 bits per heavy atom. The van der Waals surface area contributed by atoms with Gasteiger partial charge in [-0.15, -0.1) is 0 Å². The molecule has 0 spiro atoms. The Morgan fingerprint density at radius 2 is 1.71 bits per heavy atom. The van der Waals surface area contributed by atoms with Crippen LogP contribution in [0.5, 0.6) is 11.5 Å². The van der Waals surface area contributed by atoms with E-state index in [-0.39, 0.29) is 58.6 Å². The van der Waals surface area contributed by atoms with Crippen LogP contribution in [0.4, 0.5) is 5.69 Å². The molecule has 6 heteroatoms. The summed E-state index contributed by atoms with van der Waals surface area (Å²) in [5, 5.41) is 19.3. The van der Waals surface area contributed by atoms with E-state index in [1.165, 1.54) is 6.07 Å². The highest BCUT2D eigenvalue weighted by Gasteiger charge is 2.35. The van der Waals surface area contributed by atoms with Crippen molar-refractivity contribution in [1.82, 2.24) is 0 Å². The molecule has 1 unspecified atom stereocenters. The van der Waals surface area contributed by atoms with E-state index in [0.29, 0.717) is 0 Å². The molecule has 0 aromatic heterocycles. The van der Waals surface area contributed by atoms with E-state index in [1.54, 1.807) is 31.2 Å². The van der Waals surface area contributed by atoms with Gasteiger partial charge in [0.05, 0.1) is 23.4 Å². The summed E-state index contributed by atoms with van der Waals surface area (Å²) in [7, 11) is 0. The number of aromatic hydroxyl groups is 1. The van der Waals surface area contributed by atoms with Crippen LogP contribution in [0.15, 0.2) is 30.3 Å². The average Bonchev–Trinajstić information content (AvgIpc) is 2.59. The van der Waals surface area contributed by atoms with Gasteiger partial charge in [-0.2, -0.15) is 0 Å². The second-order valence-electron chi connectivity index (χ2n) is 5.86. The zero-order valence-electron chi connectivity index (χ0n) is 13.1. The first-order valence-corrected chi connectivity index (χ1v) is 7.53. The van der Waals surface area contributed by atoms with Gasteiger partial charge in [0, 0.05) is 29.7 Å². The molecule has 1 atom stereocenters. The predicted octanol–water partition coefficient (Wildman–Crippen LogP) is 1.76. The number of benzene rings is 2. The number of phenolic OH excluding ortho intramolecular Hbond substituents is 1. The van der Waals surface area contributed by atoms with Crippen molar-refractivity contribution in [3.05, 3.63) is 52.6 Å². The smallest absolute Gasteiger partial charge is 0.198 e. The Bertz CT molecular complexity index is 844. The minimum Gasteiger partial charge on any atom is -0.507 e. The molecule has 24 heavy (non-hydrogen) atoms. The van der Waals surface area contributed by atoms with Crippen LogP contribution in [-0.2, 0) is 0 Å². The summed E-state index contributed by atoms with van der Waals surface area (Å²) < 4.78 is 5.50. The van der Waals surface area contributed by atoms with Gasteiger partial charge in [-0.3, -0.25) is 9.59 Å². The number of aliphatic hydroxyl groups is 1. The number of hydrogen-bond donors (Lipinski definition) is 3. The van der Waals surface area contributed by atoms with Gasteiger partial charge in [0.15, 0.2) is 11.6 Å². The van der Waals surface area contributed by atoms with Crippen molar-refractivity contribution in [2.24, 2.45) is 5.92 Å². The fraction of sp³-hybridized carbons (Fsp3) is 0.222. The molecule has 0 saturated heterocycles. The molecule has 0 bridgehead atoms. The minimum atomic E-state index is -0.445. The molecule has 3 rings (SSSR count). The van der Waals surface area contributed by atoms with E-state index in [4.69, 9.17) is 15.6 Å². The maximum Gasteiger partial charge on any atom is 0.198 e. The van der Waals surface area contributed by atoms with Gasteiger partial charge in [-0.1, -0.05) is 31.2 Å². The molecule has 0 radical (unpaired) electrons. The number of fused-ring (bicyclic) bond motifs is 2. The summed E-state index contributed by atoms with van der Waals surface area (Å²) in [5.41, 5.74) is 6.41. The van der Waals surface area contributed by atoms with Crippen LogP contribution in [0.3, 0.4) is 0 Å². The van der Waals surface area contributed by atoms with Crippen molar-refractivity contribution in [1.29, 1.82) is 0 Å². The molecule has 6 nitrogen and oxygen atoms in total. The first-order chi connectivity index (χ1) is 11.5. The maximum atomic E-state index is 12.7. The average molecular weight is 327 g/mol. The van der Waals surface area contributed by atoms with Crippen LogP contribution >= 0.6 is 0 Å². The first kappa shape index (κ1) is 16.0. The van der Waals surface area contributed by atoms with E-state index >= 15 is 0 Å². The number of phenols is 1. The number of hydrogen-bond acceptors (Lipinski definition) is 6. The van der Waals surface area contributed by atoms with Crippen molar-refractivity contribution in [3.8, 4) is 11.5 Å². The fourth-order valence-corrected chi connectivity index (χ4v) is 2.68. The summed E-state index contributed by atoms with van der Waals surface area (Å²) in [5.74, 6) is -1.24. The molecule has 0 fully saturated rings. The predicted molar refractivity (Wildman–Crippen MR) is 87.6 cm³/mol. The molecule has 1 aliphatic rings. The van der Waals surface area contributed by atoms with Crippen LogP contribution in [0.1, 0.15) is 38.8 Å². The Labute approximate surface area is 138 Å². The molecular weight excluding hydrogens is 310 g/mol. The number of anilines is 1. The van der Waals surface area contributed by atoms with Crippen LogP contribution in [0, 0.1) is 5.92 Å². The Morgan fingerprint density at radius 3 is 2.29 bits per heavy atom. The molecule has 2 aromatic carbocycles. The Kier molecular flexibility index (Phi) is 3.99. The SMILES string of the molecule is CC(CO)COc1cc(O)c2c(c1N)C(=O)c1ccccc1C2=O. The van der Waals surface area contributed by atoms with E-state index < -0.39 is 11.6 Å². The van der Waals surface area contributed by atoms with Crippen LogP contribution in [0.25, 0.3) is 0 Å². The number of nitrogen functional groups attached to an aromatic ring is 1. The summed E-state index contributed by atoms with van der Waals surface area (Å²) in [6, 6.07) is 7.65. The molecule has 124 valence electrons. The third kappa shape index (κ3) is 2.41. The molecular formula is C18H17NO5. The zero-order valence-corrected chi connectivity index (χ0v) is 13.1. The number of carbonyl (C=O) groups is 2. The summed E-state index contributed by atoms with van der Waals surface area (Å²) in [6.07, 6.45) is 0. The number of nitrogens with two attached hydrogens (primary N) is 1. The highest BCUT2D eigenvalue weighted by Crippen LogP contribution is 2.41. The topological polar surface area (TPSA) is 110 Å². The van der Waals surface area contributed by atoms with Crippen LogP contribution < -0.4 is 10.5 Å². The Hall–Kier alpha value is -2.86. The van der Waals surface area contributed by atoms with Crippen LogP contribution in [-0.4, -0.2) is 35.0 Å². The summed E-state index contributed by atoms with van der Waals surface area (Å²) in [6.45, 7) is 1.87. The standard InChI is InChI=1S/C18H17NO5/c1-9(7-20)8-24-13-6-12(21)14-15(16(13)19)18(23)11-5-3-2-4-10(11)17(14)22/h2-6,9,20-21H,7-8,19H2,1H3. The molecule has 1 aliphatic carbocycles. The molecule has 2 aromatic rings. The normalized spacial score (nSPS) is 14.1. The number of rotatable bonds is 4. The van der Waals surface area contributed by atoms with Crippen molar-refractivity contribution in [2.75, 3.05) is 18.9 Å². The van der Waals surface area contributed by atoms with Crippen molar-refractivity contribution in [3.63, 3.8) is 0 Å². The van der Waals surface area contributed by atoms with Gasteiger partial charge in [0.2, 0.25) is 0 Å². The third-order valence-corrected chi connectivity index (χ3v) is 4.01. The van der Waals surface area contributed by atoms with E-state index in [9.17, 15) is 14.7 Å².